The molecule has 1 aromatic heterocycles. The predicted octanol–water partition coefficient (Wildman–Crippen LogP) is 12.0. The second-order valence-corrected chi connectivity index (χ2v) is 11.9. The zero-order chi connectivity index (χ0) is 26.9. The molecule has 0 aliphatic heterocycles. The van der Waals surface area contributed by atoms with E-state index in [0.717, 1.165) is 0 Å². The first kappa shape index (κ1) is 22.8. The van der Waals surface area contributed by atoms with Crippen molar-refractivity contribution >= 4 is 74.6 Å². The summed E-state index contributed by atoms with van der Waals surface area (Å²) < 4.78 is 2.69. The van der Waals surface area contributed by atoms with Crippen LogP contribution in [0.2, 0.25) is 0 Å². The molecular weight excluding hydrogens is 513 g/mol. The van der Waals surface area contributed by atoms with Crippen LogP contribution >= 0.6 is 11.3 Å². The maximum atomic E-state index is 2.45. The molecule has 0 aliphatic rings. The van der Waals surface area contributed by atoms with Crippen molar-refractivity contribution in [3.05, 3.63) is 146 Å². The third kappa shape index (κ3) is 3.33. The maximum Gasteiger partial charge on any atom is 0.0434 e. The Bertz CT molecular complexity index is 2470. The van der Waals surface area contributed by atoms with Crippen molar-refractivity contribution in [3.63, 3.8) is 0 Å². The molecular formula is C40H24S. The highest BCUT2D eigenvalue weighted by Crippen LogP contribution is 2.46. The summed E-state index contributed by atoms with van der Waals surface area (Å²) in [6.45, 7) is 0. The maximum absolute atomic E-state index is 2.45. The molecule has 0 N–H and O–H groups in total. The monoisotopic (exact) mass is 536 g/mol. The lowest BCUT2D eigenvalue weighted by Crippen LogP contribution is -1.90. The van der Waals surface area contributed by atoms with Gasteiger partial charge in [0.2, 0.25) is 0 Å². The van der Waals surface area contributed by atoms with Gasteiger partial charge in [0.15, 0.2) is 0 Å². The lowest BCUT2D eigenvalue weighted by atomic mass is 9.86. The molecule has 0 saturated carbocycles. The molecule has 0 aliphatic carbocycles. The van der Waals surface area contributed by atoms with Gasteiger partial charge < -0.3 is 0 Å². The lowest BCUT2D eigenvalue weighted by molar-refractivity contribution is 1.70. The molecule has 0 bridgehead atoms. The van der Waals surface area contributed by atoms with Gasteiger partial charge in [0, 0.05) is 25.7 Å². The SMILES string of the molecule is c1ccc2c(-c3cc4c5ccccc5c(-c5cccc6c5sc5ccccc56)cc4c4ccccc34)cccc2c1. The normalized spacial score (nSPS) is 11.9. The average molecular weight is 537 g/mol. The van der Waals surface area contributed by atoms with Gasteiger partial charge >= 0.3 is 0 Å². The second-order valence-electron chi connectivity index (χ2n) is 10.8. The van der Waals surface area contributed by atoms with Crippen LogP contribution in [0.3, 0.4) is 0 Å². The van der Waals surface area contributed by atoms with Crippen LogP contribution in [-0.2, 0) is 0 Å². The molecule has 1 heterocycles. The third-order valence-corrected chi connectivity index (χ3v) is 9.88. The molecule has 0 spiro atoms. The van der Waals surface area contributed by atoms with Crippen molar-refractivity contribution in [2.45, 2.75) is 0 Å². The standard InChI is InChI=1S/C40H24S/c1-2-13-26-25(11-1)12-9-19-27(26)35-23-37-31-17-6-4-15-29(31)36(24-38(37)30-16-5-3-14-28(30)35)34-21-10-20-33-32-18-7-8-22-39(32)41-40(33)34/h1-24H. The van der Waals surface area contributed by atoms with E-state index in [1.165, 1.54) is 85.5 Å². The van der Waals surface area contributed by atoms with Crippen LogP contribution in [0.25, 0.3) is 85.5 Å². The number of fused-ring (bicyclic) bond motifs is 9. The van der Waals surface area contributed by atoms with Gasteiger partial charge in [-0.1, -0.05) is 127 Å². The van der Waals surface area contributed by atoms with Gasteiger partial charge in [-0.15, -0.1) is 11.3 Å². The van der Waals surface area contributed by atoms with E-state index in [-0.39, 0.29) is 0 Å². The summed E-state index contributed by atoms with van der Waals surface area (Å²) in [5.41, 5.74) is 5.18. The van der Waals surface area contributed by atoms with E-state index >= 15 is 0 Å². The summed E-state index contributed by atoms with van der Waals surface area (Å²) in [5.74, 6) is 0. The van der Waals surface area contributed by atoms with Crippen LogP contribution in [-0.4, -0.2) is 0 Å². The topological polar surface area (TPSA) is 0 Å². The van der Waals surface area contributed by atoms with E-state index in [1.54, 1.807) is 0 Å². The molecule has 0 nitrogen and oxygen atoms in total. The largest absolute Gasteiger partial charge is 0.135 e. The fraction of sp³-hybridized carbons (Fsp3) is 0. The van der Waals surface area contributed by atoms with Gasteiger partial charge in [-0.05, 0) is 78.0 Å². The highest BCUT2D eigenvalue weighted by Gasteiger charge is 2.17. The van der Waals surface area contributed by atoms with Gasteiger partial charge in [0.25, 0.3) is 0 Å². The zero-order valence-corrected chi connectivity index (χ0v) is 23.1. The highest BCUT2D eigenvalue weighted by molar-refractivity contribution is 7.26. The Kier molecular flexibility index (Phi) is 4.87. The zero-order valence-electron chi connectivity index (χ0n) is 22.3. The summed E-state index contributed by atoms with van der Waals surface area (Å²) >= 11 is 1.90. The van der Waals surface area contributed by atoms with Crippen molar-refractivity contribution in [1.29, 1.82) is 0 Å². The summed E-state index contributed by atoms with van der Waals surface area (Å²) in [6.07, 6.45) is 0. The van der Waals surface area contributed by atoms with E-state index in [2.05, 4.69) is 146 Å². The number of hydrogen-bond acceptors (Lipinski definition) is 1. The van der Waals surface area contributed by atoms with Crippen molar-refractivity contribution in [2.24, 2.45) is 0 Å². The Morgan fingerprint density at radius 2 is 0.780 bits per heavy atom. The minimum Gasteiger partial charge on any atom is -0.135 e. The van der Waals surface area contributed by atoms with E-state index < -0.39 is 0 Å². The van der Waals surface area contributed by atoms with E-state index in [0.29, 0.717) is 0 Å². The van der Waals surface area contributed by atoms with Crippen molar-refractivity contribution in [2.75, 3.05) is 0 Å². The van der Waals surface area contributed by atoms with Gasteiger partial charge in [-0.3, -0.25) is 0 Å². The Labute approximate surface area is 241 Å². The first-order valence-corrected chi connectivity index (χ1v) is 14.9. The highest BCUT2D eigenvalue weighted by atomic mass is 32.1. The van der Waals surface area contributed by atoms with Crippen LogP contribution in [0.4, 0.5) is 0 Å². The number of rotatable bonds is 2. The fourth-order valence-electron chi connectivity index (χ4n) is 6.82. The van der Waals surface area contributed by atoms with Gasteiger partial charge in [-0.2, -0.15) is 0 Å². The van der Waals surface area contributed by atoms with Gasteiger partial charge in [-0.25, -0.2) is 0 Å². The minimum absolute atomic E-state index is 1.27. The molecule has 0 atom stereocenters. The summed E-state index contributed by atoms with van der Waals surface area (Å²) in [5, 5.41) is 13.0. The average Bonchev–Trinajstić information content (AvgIpc) is 3.43. The van der Waals surface area contributed by atoms with Gasteiger partial charge in [0.05, 0.1) is 0 Å². The van der Waals surface area contributed by atoms with Crippen LogP contribution in [0.1, 0.15) is 0 Å². The van der Waals surface area contributed by atoms with Crippen LogP contribution in [0, 0.1) is 0 Å². The molecule has 190 valence electrons. The smallest absolute Gasteiger partial charge is 0.0434 e. The minimum atomic E-state index is 1.27. The first-order chi connectivity index (χ1) is 20.3. The molecule has 8 aromatic carbocycles. The summed E-state index contributed by atoms with van der Waals surface area (Å²) in [4.78, 5) is 0. The first-order valence-electron chi connectivity index (χ1n) is 14.1. The lowest BCUT2D eigenvalue weighted by Gasteiger charge is -2.17. The third-order valence-electron chi connectivity index (χ3n) is 8.66. The number of thiophene rings is 1. The Balaban J connectivity index is 1.43. The van der Waals surface area contributed by atoms with Crippen molar-refractivity contribution < 1.29 is 0 Å². The van der Waals surface area contributed by atoms with E-state index in [9.17, 15) is 0 Å². The van der Waals surface area contributed by atoms with Gasteiger partial charge in [0.1, 0.15) is 0 Å². The fourth-order valence-corrected chi connectivity index (χ4v) is 8.05. The molecule has 41 heavy (non-hydrogen) atoms. The Hall–Kier alpha value is -4.98. The number of benzene rings is 8. The Morgan fingerprint density at radius 1 is 0.293 bits per heavy atom. The molecule has 0 saturated heterocycles. The summed E-state index contributed by atoms with van der Waals surface area (Å²) in [7, 11) is 0. The quantitative estimate of drug-likeness (QED) is 0.193. The van der Waals surface area contributed by atoms with E-state index in [1.807, 2.05) is 11.3 Å². The molecule has 0 amide bonds. The molecule has 9 aromatic rings. The summed E-state index contributed by atoms with van der Waals surface area (Å²) in [6, 6.07) is 53.7. The molecule has 9 rings (SSSR count). The van der Waals surface area contributed by atoms with Crippen molar-refractivity contribution in [3.8, 4) is 22.3 Å². The predicted molar refractivity (Wildman–Crippen MR) is 180 cm³/mol. The van der Waals surface area contributed by atoms with Crippen LogP contribution in [0.15, 0.2) is 146 Å². The number of hydrogen-bond donors (Lipinski definition) is 0. The van der Waals surface area contributed by atoms with Crippen LogP contribution < -0.4 is 0 Å². The molecule has 0 radical (unpaired) electrons. The second kappa shape index (κ2) is 8.76. The van der Waals surface area contributed by atoms with E-state index in [4.69, 9.17) is 0 Å². The Morgan fingerprint density at radius 3 is 1.51 bits per heavy atom. The molecule has 0 unspecified atom stereocenters. The van der Waals surface area contributed by atoms with Crippen molar-refractivity contribution in [1.82, 2.24) is 0 Å². The molecule has 1 heteroatoms. The molecule has 0 fully saturated rings. The van der Waals surface area contributed by atoms with Crippen LogP contribution in [0.5, 0.6) is 0 Å².